The lowest BCUT2D eigenvalue weighted by molar-refractivity contribution is -0.120. The summed E-state index contributed by atoms with van der Waals surface area (Å²) in [5, 5.41) is 6.05. The fourth-order valence-electron chi connectivity index (χ4n) is 2.75. The van der Waals surface area contributed by atoms with Crippen LogP contribution in [0.5, 0.6) is 0 Å². The number of nitrogens with one attached hydrogen (secondary N) is 3. The number of carbonyl (C=O) groups is 1. The highest BCUT2D eigenvalue weighted by atomic mass is 35.5. The van der Waals surface area contributed by atoms with Crippen LogP contribution in [0.15, 0.2) is 23.1 Å². The second-order valence-electron chi connectivity index (χ2n) is 7.37. The molecule has 25 heavy (non-hydrogen) atoms. The second-order valence-corrected chi connectivity index (χ2v) is 9.02. The van der Waals surface area contributed by atoms with Crippen molar-refractivity contribution in [1.29, 1.82) is 0 Å². The van der Waals surface area contributed by atoms with Crippen LogP contribution in [0.1, 0.15) is 39.2 Å². The molecule has 142 valence electrons. The zero-order chi connectivity index (χ0) is 18.0. The predicted octanol–water partition coefficient (Wildman–Crippen LogP) is 2.43. The van der Waals surface area contributed by atoms with E-state index in [1.54, 1.807) is 39.8 Å². The Kier molecular flexibility index (Phi) is 7.43. The van der Waals surface area contributed by atoms with Gasteiger partial charge in [-0.25, -0.2) is 13.1 Å². The molecular formula is C17H28ClN3O3S. The number of hydrogen-bond donors (Lipinski definition) is 3. The maximum atomic E-state index is 12.6. The summed E-state index contributed by atoms with van der Waals surface area (Å²) < 4.78 is 27.8. The molecule has 2 rings (SSSR count). The van der Waals surface area contributed by atoms with Gasteiger partial charge in [-0.05, 0) is 64.8 Å². The molecule has 8 heteroatoms. The number of anilines is 1. The molecule has 0 spiro atoms. The van der Waals surface area contributed by atoms with Crippen molar-refractivity contribution < 1.29 is 13.2 Å². The SMILES string of the molecule is Cc1ccc(NC(=O)C2CCCNC2)cc1S(=O)(=O)NC(C)(C)C.Cl. The molecule has 0 saturated carbocycles. The van der Waals surface area contributed by atoms with Crippen molar-refractivity contribution in [3.05, 3.63) is 23.8 Å². The highest BCUT2D eigenvalue weighted by molar-refractivity contribution is 7.89. The molecule has 1 aliphatic rings. The zero-order valence-corrected chi connectivity index (χ0v) is 16.8. The van der Waals surface area contributed by atoms with Crippen molar-refractivity contribution >= 4 is 34.0 Å². The normalized spacial score (nSPS) is 18.3. The Labute approximate surface area is 156 Å². The summed E-state index contributed by atoms with van der Waals surface area (Å²) in [5.41, 5.74) is 0.577. The first-order valence-corrected chi connectivity index (χ1v) is 9.73. The minimum atomic E-state index is -3.65. The molecule has 1 aromatic rings. The van der Waals surface area contributed by atoms with E-state index in [1.807, 2.05) is 0 Å². The predicted molar refractivity (Wildman–Crippen MR) is 103 cm³/mol. The molecule has 3 N–H and O–H groups in total. The van der Waals surface area contributed by atoms with Gasteiger partial charge in [0.05, 0.1) is 10.8 Å². The number of hydrogen-bond acceptors (Lipinski definition) is 4. The lowest BCUT2D eigenvalue weighted by Crippen LogP contribution is -2.40. The Morgan fingerprint density at radius 2 is 1.96 bits per heavy atom. The highest BCUT2D eigenvalue weighted by Crippen LogP contribution is 2.22. The van der Waals surface area contributed by atoms with Crippen LogP contribution in [0.3, 0.4) is 0 Å². The third kappa shape index (κ3) is 6.26. The number of amides is 1. The summed E-state index contributed by atoms with van der Waals surface area (Å²) in [7, 11) is -3.65. The quantitative estimate of drug-likeness (QED) is 0.738. The van der Waals surface area contributed by atoms with Crippen molar-refractivity contribution in [1.82, 2.24) is 10.0 Å². The van der Waals surface area contributed by atoms with E-state index in [0.717, 1.165) is 19.4 Å². The zero-order valence-electron chi connectivity index (χ0n) is 15.2. The van der Waals surface area contributed by atoms with Gasteiger partial charge in [0.1, 0.15) is 0 Å². The Hall–Kier alpha value is -1.15. The first kappa shape index (κ1) is 21.9. The number of halogens is 1. The Bertz CT molecular complexity index is 708. The molecule has 1 heterocycles. The van der Waals surface area contributed by atoms with Crippen LogP contribution >= 0.6 is 12.4 Å². The molecule has 0 aliphatic carbocycles. The number of carbonyl (C=O) groups excluding carboxylic acids is 1. The van der Waals surface area contributed by atoms with Crippen LogP contribution in [0.25, 0.3) is 0 Å². The van der Waals surface area contributed by atoms with Crippen molar-refractivity contribution in [2.45, 2.75) is 51.0 Å². The Morgan fingerprint density at radius 1 is 1.28 bits per heavy atom. The molecule has 0 bridgehead atoms. The summed E-state index contributed by atoms with van der Waals surface area (Å²) in [6.45, 7) is 8.72. The third-order valence-electron chi connectivity index (χ3n) is 3.85. The van der Waals surface area contributed by atoms with Gasteiger partial charge in [-0.2, -0.15) is 0 Å². The standard InChI is InChI=1S/C17H27N3O3S.ClH/c1-12-7-8-14(19-16(21)13-6-5-9-18-11-13)10-15(12)24(22,23)20-17(2,3)4;/h7-8,10,13,18,20H,5-6,9,11H2,1-4H3,(H,19,21);1H. The largest absolute Gasteiger partial charge is 0.326 e. The molecular weight excluding hydrogens is 362 g/mol. The monoisotopic (exact) mass is 389 g/mol. The third-order valence-corrected chi connectivity index (χ3v) is 5.75. The van der Waals surface area contributed by atoms with E-state index in [2.05, 4.69) is 15.4 Å². The maximum Gasteiger partial charge on any atom is 0.241 e. The summed E-state index contributed by atoms with van der Waals surface area (Å²) in [6, 6.07) is 4.98. The molecule has 1 amide bonds. The lowest BCUT2D eigenvalue weighted by Gasteiger charge is -2.23. The summed E-state index contributed by atoms with van der Waals surface area (Å²) in [6.07, 6.45) is 1.82. The van der Waals surface area contributed by atoms with Gasteiger partial charge in [-0.15, -0.1) is 12.4 Å². The van der Waals surface area contributed by atoms with E-state index >= 15 is 0 Å². The summed E-state index contributed by atoms with van der Waals surface area (Å²) in [5.74, 6) is -0.147. The first-order valence-electron chi connectivity index (χ1n) is 8.25. The van der Waals surface area contributed by atoms with E-state index in [4.69, 9.17) is 0 Å². The smallest absolute Gasteiger partial charge is 0.241 e. The lowest BCUT2D eigenvalue weighted by atomic mass is 9.99. The van der Waals surface area contributed by atoms with Crippen molar-refractivity contribution in [3.8, 4) is 0 Å². The van der Waals surface area contributed by atoms with Crippen LogP contribution in [0.2, 0.25) is 0 Å². The van der Waals surface area contributed by atoms with E-state index < -0.39 is 15.6 Å². The summed E-state index contributed by atoms with van der Waals surface area (Å²) >= 11 is 0. The van der Waals surface area contributed by atoms with Gasteiger partial charge in [0.25, 0.3) is 0 Å². The second kappa shape index (κ2) is 8.49. The minimum absolute atomic E-state index is 0. The van der Waals surface area contributed by atoms with Gasteiger partial charge >= 0.3 is 0 Å². The molecule has 0 radical (unpaired) electrons. The number of rotatable bonds is 4. The Morgan fingerprint density at radius 3 is 2.52 bits per heavy atom. The molecule has 1 aliphatic heterocycles. The van der Waals surface area contributed by atoms with Crippen LogP contribution in [-0.4, -0.2) is 33.0 Å². The average Bonchev–Trinajstić information content (AvgIpc) is 2.47. The number of piperidine rings is 1. The highest BCUT2D eigenvalue weighted by Gasteiger charge is 2.25. The van der Waals surface area contributed by atoms with Crippen LogP contribution in [0, 0.1) is 12.8 Å². The molecule has 1 atom stereocenters. The molecule has 6 nitrogen and oxygen atoms in total. The van der Waals surface area contributed by atoms with Crippen molar-refractivity contribution in [3.63, 3.8) is 0 Å². The van der Waals surface area contributed by atoms with Gasteiger partial charge in [0.2, 0.25) is 15.9 Å². The topological polar surface area (TPSA) is 87.3 Å². The van der Waals surface area contributed by atoms with Crippen LogP contribution in [-0.2, 0) is 14.8 Å². The fraction of sp³-hybridized carbons (Fsp3) is 0.588. The number of benzene rings is 1. The Balaban J connectivity index is 0.00000312. The number of aryl methyl sites for hydroxylation is 1. The van der Waals surface area contributed by atoms with E-state index in [1.165, 1.54) is 6.07 Å². The molecule has 1 fully saturated rings. The number of sulfonamides is 1. The van der Waals surface area contributed by atoms with E-state index in [-0.39, 0.29) is 29.1 Å². The van der Waals surface area contributed by atoms with Crippen molar-refractivity contribution in [2.75, 3.05) is 18.4 Å². The van der Waals surface area contributed by atoms with Gasteiger partial charge in [0.15, 0.2) is 0 Å². The fourth-order valence-corrected chi connectivity index (χ4v) is 4.44. The first-order chi connectivity index (χ1) is 11.1. The van der Waals surface area contributed by atoms with Crippen molar-refractivity contribution in [2.24, 2.45) is 5.92 Å². The van der Waals surface area contributed by atoms with E-state index in [9.17, 15) is 13.2 Å². The van der Waals surface area contributed by atoms with Crippen LogP contribution < -0.4 is 15.4 Å². The average molecular weight is 390 g/mol. The van der Waals surface area contributed by atoms with Gasteiger partial charge in [0, 0.05) is 17.8 Å². The van der Waals surface area contributed by atoms with Gasteiger partial charge in [-0.3, -0.25) is 4.79 Å². The molecule has 1 saturated heterocycles. The molecule has 0 aromatic heterocycles. The van der Waals surface area contributed by atoms with Gasteiger partial charge < -0.3 is 10.6 Å². The maximum absolute atomic E-state index is 12.6. The molecule has 1 unspecified atom stereocenters. The van der Waals surface area contributed by atoms with Crippen LogP contribution in [0.4, 0.5) is 5.69 Å². The van der Waals surface area contributed by atoms with Gasteiger partial charge in [-0.1, -0.05) is 6.07 Å². The summed E-state index contributed by atoms with van der Waals surface area (Å²) in [4.78, 5) is 12.5. The minimum Gasteiger partial charge on any atom is -0.326 e. The molecule has 1 aromatic carbocycles. The van der Waals surface area contributed by atoms with E-state index in [0.29, 0.717) is 17.8 Å².